The molecular weight excluding hydrogens is 292 g/mol. The van der Waals surface area contributed by atoms with Gasteiger partial charge in [0.05, 0.1) is 22.1 Å². The van der Waals surface area contributed by atoms with E-state index < -0.39 is 0 Å². The van der Waals surface area contributed by atoms with Gasteiger partial charge in [-0.15, -0.1) is 0 Å². The number of nitrogens with zero attached hydrogens (tertiary/aromatic N) is 3. The Hall–Kier alpha value is -1.36. The topological polar surface area (TPSA) is 56.7 Å². The van der Waals surface area contributed by atoms with Crippen LogP contribution in [0.25, 0.3) is 5.82 Å². The van der Waals surface area contributed by atoms with Crippen molar-refractivity contribution in [1.29, 1.82) is 0 Å². The SMILES string of the molecule is Cc1c(N)cnc(-n2cnc3c2CCCC3)c1Br. The largest absolute Gasteiger partial charge is 0.397 e. The zero-order valence-electron chi connectivity index (χ0n) is 10.3. The molecule has 0 saturated heterocycles. The summed E-state index contributed by atoms with van der Waals surface area (Å²) < 4.78 is 3.04. The summed E-state index contributed by atoms with van der Waals surface area (Å²) in [6.07, 6.45) is 8.20. The predicted octanol–water partition coefficient (Wildman–Crippen LogP) is 2.80. The molecule has 5 heteroatoms. The van der Waals surface area contributed by atoms with Gasteiger partial charge >= 0.3 is 0 Å². The van der Waals surface area contributed by atoms with Crippen molar-refractivity contribution in [2.45, 2.75) is 32.6 Å². The second-order valence-electron chi connectivity index (χ2n) is 4.69. The fourth-order valence-electron chi connectivity index (χ4n) is 2.40. The third-order valence-corrected chi connectivity index (χ3v) is 4.49. The highest BCUT2D eigenvalue weighted by Crippen LogP contribution is 2.30. The van der Waals surface area contributed by atoms with Crippen molar-refractivity contribution in [3.63, 3.8) is 0 Å². The first kappa shape index (κ1) is 11.7. The maximum absolute atomic E-state index is 5.86. The standard InChI is InChI=1S/C13H15BrN4/c1-8-9(15)6-16-13(12(8)14)18-7-17-10-4-2-3-5-11(10)18/h6-7H,2-5,15H2,1H3. The van der Waals surface area contributed by atoms with Gasteiger partial charge in [-0.1, -0.05) is 0 Å². The molecule has 1 aliphatic carbocycles. The Bertz CT molecular complexity index is 603. The van der Waals surface area contributed by atoms with E-state index in [1.807, 2.05) is 13.3 Å². The summed E-state index contributed by atoms with van der Waals surface area (Å²) in [5.74, 6) is 0.886. The molecule has 0 spiro atoms. The fourth-order valence-corrected chi connectivity index (χ4v) is 2.92. The molecule has 94 valence electrons. The molecule has 1 aliphatic rings. The minimum atomic E-state index is 0.708. The van der Waals surface area contributed by atoms with E-state index in [4.69, 9.17) is 5.73 Å². The molecule has 0 bridgehead atoms. The minimum Gasteiger partial charge on any atom is -0.397 e. The Labute approximate surface area is 114 Å². The Balaban J connectivity index is 2.16. The lowest BCUT2D eigenvalue weighted by Crippen LogP contribution is -2.09. The van der Waals surface area contributed by atoms with Crippen LogP contribution in [-0.4, -0.2) is 14.5 Å². The third-order valence-electron chi connectivity index (χ3n) is 3.54. The number of nitrogens with two attached hydrogens (primary N) is 1. The summed E-state index contributed by atoms with van der Waals surface area (Å²) in [4.78, 5) is 8.94. The number of hydrogen-bond acceptors (Lipinski definition) is 3. The van der Waals surface area contributed by atoms with E-state index in [0.717, 1.165) is 28.7 Å². The molecule has 0 aromatic carbocycles. The highest BCUT2D eigenvalue weighted by molar-refractivity contribution is 9.10. The van der Waals surface area contributed by atoms with Gasteiger partial charge in [0.1, 0.15) is 6.33 Å². The van der Waals surface area contributed by atoms with Crippen molar-refractivity contribution in [3.05, 3.63) is 33.9 Å². The summed E-state index contributed by atoms with van der Waals surface area (Å²) >= 11 is 3.59. The van der Waals surface area contributed by atoms with Gasteiger partial charge in [0, 0.05) is 5.69 Å². The third kappa shape index (κ3) is 1.73. The van der Waals surface area contributed by atoms with E-state index in [-0.39, 0.29) is 0 Å². The Morgan fingerprint density at radius 1 is 1.28 bits per heavy atom. The van der Waals surface area contributed by atoms with Gasteiger partial charge < -0.3 is 5.73 Å². The van der Waals surface area contributed by atoms with E-state index >= 15 is 0 Å². The lowest BCUT2D eigenvalue weighted by molar-refractivity contribution is 0.653. The molecule has 0 fully saturated rings. The van der Waals surface area contributed by atoms with Gasteiger partial charge in [-0.05, 0) is 54.1 Å². The van der Waals surface area contributed by atoms with Gasteiger partial charge in [-0.25, -0.2) is 9.97 Å². The van der Waals surface area contributed by atoms with Crippen LogP contribution in [0.5, 0.6) is 0 Å². The molecule has 3 rings (SSSR count). The van der Waals surface area contributed by atoms with Gasteiger partial charge in [-0.3, -0.25) is 4.57 Å². The van der Waals surface area contributed by atoms with Crippen molar-refractivity contribution in [1.82, 2.24) is 14.5 Å². The summed E-state index contributed by atoms with van der Waals surface area (Å²) in [6.45, 7) is 1.99. The fraction of sp³-hybridized carbons (Fsp3) is 0.385. The first-order valence-electron chi connectivity index (χ1n) is 6.14. The van der Waals surface area contributed by atoms with E-state index in [1.165, 1.54) is 24.2 Å². The second-order valence-corrected chi connectivity index (χ2v) is 5.48. The molecule has 2 aromatic heterocycles. The van der Waals surface area contributed by atoms with Crippen molar-refractivity contribution in [2.75, 3.05) is 5.73 Å². The van der Waals surface area contributed by atoms with E-state index in [2.05, 4.69) is 30.5 Å². The number of pyridine rings is 1. The lowest BCUT2D eigenvalue weighted by Gasteiger charge is -2.15. The molecule has 18 heavy (non-hydrogen) atoms. The van der Waals surface area contributed by atoms with Crippen LogP contribution in [0.1, 0.15) is 29.8 Å². The average molecular weight is 307 g/mol. The highest BCUT2D eigenvalue weighted by Gasteiger charge is 2.18. The summed E-state index contributed by atoms with van der Waals surface area (Å²) in [7, 11) is 0. The zero-order chi connectivity index (χ0) is 12.7. The molecular formula is C13H15BrN4. The smallest absolute Gasteiger partial charge is 0.152 e. The monoisotopic (exact) mass is 306 g/mol. The molecule has 0 radical (unpaired) electrons. The number of nitrogen functional groups attached to an aromatic ring is 1. The molecule has 0 unspecified atom stereocenters. The van der Waals surface area contributed by atoms with Crippen LogP contribution < -0.4 is 5.73 Å². The molecule has 2 heterocycles. The first-order chi connectivity index (χ1) is 8.68. The summed E-state index contributed by atoms with van der Waals surface area (Å²) in [5, 5.41) is 0. The number of fused-ring (bicyclic) bond motifs is 1. The zero-order valence-corrected chi connectivity index (χ0v) is 11.9. The predicted molar refractivity (Wildman–Crippen MR) is 74.9 cm³/mol. The van der Waals surface area contributed by atoms with Crippen molar-refractivity contribution in [3.8, 4) is 5.82 Å². The van der Waals surface area contributed by atoms with Crippen molar-refractivity contribution in [2.24, 2.45) is 0 Å². The molecule has 0 saturated carbocycles. The Morgan fingerprint density at radius 2 is 2.06 bits per heavy atom. The molecule has 4 nitrogen and oxygen atoms in total. The Morgan fingerprint density at radius 3 is 2.89 bits per heavy atom. The molecule has 2 aromatic rings. The van der Waals surface area contributed by atoms with Crippen LogP contribution >= 0.6 is 15.9 Å². The first-order valence-corrected chi connectivity index (χ1v) is 6.94. The number of rotatable bonds is 1. The van der Waals surface area contributed by atoms with Gasteiger partial charge in [0.15, 0.2) is 5.82 Å². The van der Waals surface area contributed by atoms with Crippen LogP contribution in [0.2, 0.25) is 0 Å². The van der Waals surface area contributed by atoms with Crippen LogP contribution in [-0.2, 0) is 12.8 Å². The van der Waals surface area contributed by atoms with Crippen LogP contribution in [0.3, 0.4) is 0 Å². The number of hydrogen-bond donors (Lipinski definition) is 1. The highest BCUT2D eigenvalue weighted by atomic mass is 79.9. The summed E-state index contributed by atoms with van der Waals surface area (Å²) in [6, 6.07) is 0. The van der Waals surface area contributed by atoms with Crippen LogP contribution in [0.4, 0.5) is 5.69 Å². The van der Waals surface area contributed by atoms with Gasteiger partial charge in [0.25, 0.3) is 0 Å². The average Bonchev–Trinajstić information content (AvgIpc) is 2.80. The second kappa shape index (κ2) is 4.39. The van der Waals surface area contributed by atoms with Crippen molar-refractivity contribution < 1.29 is 0 Å². The Kier molecular flexibility index (Phi) is 2.86. The number of halogens is 1. The lowest BCUT2D eigenvalue weighted by atomic mass is 10.0. The maximum atomic E-state index is 5.86. The number of imidazole rings is 1. The molecule has 0 aliphatic heterocycles. The van der Waals surface area contributed by atoms with E-state index in [1.54, 1.807) is 6.20 Å². The van der Waals surface area contributed by atoms with E-state index in [9.17, 15) is 0 Å². The maximum Gasteiger partial charge on any atom is 0.152 e. The van der Waals surface area contributed by atoms with Gasteiger partial charge in [0.2, 0.25) is 0 Å². The normalized spacial score (nSPS) is 14.6. The van der Waals surface area contributed by atoms with Crippen LogP contribution in [0.15, 0.2) is 17.0 Å². The van der Waals surface area contributed by atoms with Gasteiger partial charge in [-0.2, -0.15) is 0 Å². The number of aromatic nitrogens is 3. The van der Waals surface area contributed by atoms with Crippen molar-refractivity contribution >= 4 is 21.6 Å². The molecule has 0 atom stereocenters. The minimum absolute atomic E-state index is 0.708. The quantitative estimate of drug-likeness (QED) is 0.881. The molecule has 0 amide bonds. The number of aryl methyl sites for hydroxylation is 1. The van der Waals surface area contributed by atoms with Crippen LogP contribution in [0, 0.1) is 6.92 Å². The number of anilines is 1. The van der Waals surface area contributed by atoms with E-state index in [0.29, 0.717) is 5.69 Å². The molecule has 2 N–H and O–H groups in total. The summed E-state index contributed by atoms with van der Waals surface area (Å²) in [5.41, 5.74) is 10.1.